The molecule has 6 nitrogen and oxygen atoms in total. The Labute approximate surface area is 143 Å². The number of nitrogens with one attached hydrogen (secondary N) is 2. The molecule has 0 saturated heterocycles. The lowest BCUT2D eigenvalue weighted by molar-refractivity contribution is 0.0301. The molecular formula is C17H40N4O2. The summed E-state index contributed by atoms with van der Waals surface area (Å²) in [4.78, 5) is 0. The first kappa shape index (κ1) is 22.8. The summed E-state index contributed by atoms with van der Waals surface area (Å²) >= 11 is 0. The van der Waals surface area contributed by atoms with Crippen LogP contribution in [-0.2, 0) is 9.47 Å². The van der Waals surface area contributed by atoms with Crippen LogP contribution in [0.2, 0.25) is 0 Å². The molecule has 0 bridgehead atoms. The van der Waals surface area contributed by atoms with Crippen LogP contribution in [0.4, 0.5) is 0 Å². The lowest BCUT2D eigenvalue weighted by Gasteiger charge is -2.18. The minimum Gasteiger partial charge on any atom is -0.381 e. The molecule has 3 atom stereocenters. The fraction of sp³-hybridized carbons (Fsp3) is 1.00. The van der Waals surface area contributed by atoms with Crippen molar-refractivity contribution in [2.24, 2.45) is 23.3 Å². The summed E-state index contributed by atoms with van der Waals surface area (Å²) in [6.07, 6.45) is 2.04. The Kier molecular flexibility index (Phi) is 16.4. The molecule has 0 heterocycles. The fourth-order valence-corrected chi connectivity index (χ4v) is 2.11. The van der Waals surface area contributed by atoms with Gasteiger partial charge in [0.1, 0.15) is 0 Å². The van der Waals surface area contributed by atoms with Gasteiger partial charge in [-0.05, 0) is 58.4 Å². The summed E-state index contributed by atoms with van der Waals surface area (Å²) in [7, 11) is 0. The van der Waals surface area contributed by atoms with Crippen molar-refractivity contribution in [1.82, 2.24) is 10.6 Å². The smallest absolute Gasteiger partial charge is 0.0617 e. The second kappa shape index (κ2) is 16.6. The first-order valence-corrected chi connectivity index (χ1v) is 9.09. The zero-order valence-electron chi connectivity index (χ0n) is 15.5. The van der Waals surface area contributed by atoms with Gasteiger partial charge in [0.25, 0.3) is 0 Å². The van der Waals surface area contributed by atoms with E-state index in [4.69, 9.17) is 20.9 Å². The van der Waals surface area contributed by atoms with Crippen LogP contribution >= 0.6 is 0 Å². The molecule has 0 aromatic heterocycles. The topological polar surface area (TPSA) is 94.6 Å². The molecule has 0 aliphatic heterocycles. The average molecular weight is 333 g/mol. The third-order valence-electron chi connectivity index (χ3n) is 3.50. The third-order valence-corrected chi connectivity index (χ3v) is 3.50. The Morgan fingerprint density at radius 2 is 1.35 bits per heavy atom. The van der Waals surface area contributed by atoms with Gasteiger partial charge in [0, 0.05) is 12.0 Å². The lowest BCUT2D eigenvalue weighted by Crippen LogP contribution is -2.33. The number of rotatable bonds is 17. The molecule has 0 amide bonds. The van der Waals surface area contributed by atoms with Gasteiger partial charge in [-0.15, -0.1) is 0 Å². The van der Waals surface area contributed by atoms with Gasteiger partial charge in [0.05, 0.1) is 26.4 Å². The van der Waals surface area contributed by atoms with Gasteiger partial charge in [-0.2, -0.15) is 0 Å². The monoisotopic (exact) mass is 332 g/mol. The van der Waals surface area contributed by atoms with Gasteiger partial charge >= 0.3 is 0 Å². The molecule has 0 rings (SSSR count). The fourth-order valence-electron chi connectivity index (χ4n) is 2.11. The maximum absolute atomic E-state index is 5.78. The molecule has 0 aliphatic carbocycles. The lowest BCUT2D eigenvalue weighted by atomic mass is 10.2. The van der Waals surface area contributed by atoms with Crippen molar-refractivity contribution in [1.29, 1.82) is 0 Å². The van der Waals surface area contributed by atoms with Gasteiger partial charge in [-0.3, -0.25) is 0 Å². The van der Waals surface area contributed by atoms with Crippen molar-refractivity contribution < 1.29 is 9.47 Å². The molecule has 0 radical (unpaired) electrons. The van der Waals surface area contributed by atoms with E-state index in [2.05, 4.69) is 31.4 Å². The molecular weight excluding hydrogens is 292 g/mol. The second-order valence-corrected chi connectivity index (χ2v) is 6.63. The highest BCUT2D eigenvalue weighted by Gasteiger charge is 2.07. The maximum Gasteiger partial charge on any atom is 0.0617 e. The third kappa shape index (κ3) is 16.4. The highest BCUT2D eigenvalue weighted by atomic mass is 16.5. The zero-order chi connectivity index (χ0) is 17.3. The molecule has 0 saturated carbocycles. The van der Waals surface area contributed by atoms with Crippen LogP contribution in [0.1, 0.15) is 33.6 Å². The first-order valence-electron chi connectivity index (χ1n) is 9.09. The largest absolute Gasteiger partial charge is 0.381 e. The Bertz CT molecular complexity index is 245. The van der Waals surface area contributed by atoms with E-state index in [0.29, 0.717) is 17.9 Å². The predicted molar refractivity (Wildman–Crippen MR) is 97.6 cm³/mol. The van der Waals surface area contributed by atoms with Gasteiger partial charge in [0.15, 0.2) is 0 Å². The first-order chi connectivity index (χ1) is 11.1. The van der Waals surface area contributed by atoms with E-state index in [1.165, 1.54) is 0 Å². The van der Waals surface area contributed by atoms with Crippen molar-refractivity contribution in [3.63, 3.8) is 0 Å². The van der Waals surface area contributed by atoms with Crippen LogP contribution in [0, 0.1) is 11.8 Å². The van der Waals surface area contributed by atoms with Gasteiger partial charge in [-0.25, -0.2) is 0 Å². The standard InChI is InChI=1S/C17H40N4O2/c1-15(10-20-8-4-6-18)11-22-12-16(2)13-23-14-17(3)21-9-5-7-19/h15-17,20-21H,4-14,18-19H2,1-3H3. The summed E-state index contributed by atoms with van der Waals surface area (Å²) in [5.41, 5.74) is 10.9. The van der Waals surface area contributed by atoms with Crippen LogP contribution in [0.3, 0.4) is 0 Å². The van der Waals surface area contributed by atoms with E-state index < -0.39 is 0 Å². The van der Waals surface area contributed by atoms with Crippen LogP contribution in [0.15, 0.2) is 0 Å². The highest BCUT2D eigenvalue weighted by molar-refractivity contribution is 4.61. The highest BCUT2D eigenvalue weighted by Crippen LogP contribution is 2.01. The molecule has 3 unspecified atom stereocenters. The van der Waals surface area contributed by atoms with Crippen LogP contribution in [0.25, 0.3) is 0 Å². The van der Waals surface area contributed by atoms with E-state index >= 15 is 0 Å². The van der Waals surface area contributed by atoms with E-state index in [1.54, 1.807) is 0 Å². The summed E-state index contributed by atoms with van der Waals surface area (Å²) in [6, 6.07) is 0.370. The van der Waals surface area contributed by atoms with E-state index in [-0.39, 0.29) is 0 Å². The quantitative estimate of drug-likeness (QED) is 0.291. The summed E-state index contributed by atoms with van der Waals surface area (Å²) in [5, 5.41) is 6.79. The second-order valence-electron chi connectivity index (χ2n) is 6.63. The summed E-state index contributed by atoms with van der Waals surface area (Å²) in [5.74, 6) is 0.941. The number of hydrogen-bond donors (Lipinski definition) is 4. The number of nitrogens with two attached hydrogens (primary N) is 2. The molecule has 23 heavy (non-hydrogen) atoms. The zero-order valence-corrected chi connectivity index (χ0v) is 15.5. The van der Waals surface area contributed by atoms with Gasteiger partial charge < -0.3 is 31.6 Å². The number of hydrogen-bond acceptors (Lipinski definition) is 6. The molecule has 0 fully saturated rings. The Hall–Kier alpha value is -0.240. The van der Waals surface area contributed by atoms with Crippen LogP contribution in [-0.4, -0.2) is 65.2 Å². The minimum absolute atomic E-state index is 0.370. The van der Waals surface area contributed by atoms with Crippen molar-refractivity contribution in [2.45, 2.75) is 39.7 Å². The summed E-state index contributed by atoms with van der Waals surface area (Å²) < 4.78 is 11.5. The van der Waals surface area contributed by atoms with Crippen LogP contribution < -0.4 is 22.1 Å². The van der Waals surface area contributed by atoms with Gasteiger partial charge in [-0.1, -0.05) is 13.8 Å². The average Bonchev–Trinajstić information content (AvgIpc) is 2.52. The SMILES string of the molecule is CC(CNCCCN)COCC(C)COCC(C)NCCCN. The van der Waals surface area contributed by atoms with Gasteiger partial charge in [0.2, 0.25) is 0 Å². The molecule has 0 aliphatic rings. The molecule has 6 N–H and O–H groups in total. The van der Waals surface area contributed by atoms with Crippen molar-refractivity contribution >= 4 is 0 Å². The van der Waals surface area contributed by atoms with Crippen molar-refractivity contribution in [3.05, 3.63) is 0 Å². The van der Waals surface area contributed by atoms with Crippen LogP contribution in [0.5, 0.6) is 0 Å². The molecule has 140 valence electrons. The maximum atomic E-state index is 5.78. The van der Waals surface area contributed by atoms with Crippen molar-refractivity contribution in [3.8, 4) is 0 Å². The summed E-state index contributed by atoms with van der Waals surface area (Å²) in [6.45, 7) is 13.9. The van der Waals surface area contributed by atoms with E-state index in [9.17, 15) is 0 Å². The normalized spacial score (nSPS) is 15.5. The van der Waals surface area contributed by atoms with E-state index in [1.807, 2.05) is 0 Å². The Balaban J connectivity index is 3.43. The molecule has 0 aromatic carbocycles. The Morgan fingerprint density at radius 1 is 0.783 bits per heavy atom. The predicted octanol–water partition coefficient (Wildman–Crippen LogP) is 0.557. The number of ether oxygens (including phenoxy) is 2. The van der Waals surface area contributed by atoms with E-state index in [0.717, 1.165) is 72.0 Å². The van der Waals surface area contributed by atoms with Crippen molar-refractivity contribution in [2.75, 3.05) is 59.2 Å². The Morgan fingerprint density at radius 3 is 2.00 bits per heavy atom. The minimum atomic E-state index is 0.370. The molecule has 0 aromatic rings. The molecule has 0 spiro atoms. The molecule has 6 heteroatoms.